The summed E-state index contributed by atoms with van der Waals surface area (Å²) in [6.45, 7) is 6.65. The number of hydrogen-bond donors (Lipinski definition) is 3. The summed E-state index contributed by atoms with van der Waals surface area (Å²) < 4.78 is 13.1. The maximum Gasteiger partial charge on any atom is 0.243 e. The zero-order chi connectivity index (χ0) is 18.8. The standard InChI is InChI=1S/C19H30FN5O.HI/c1-15-7-11-25(12-8-15)10-4-9-22-19(21-2)23-14-18(26)24-17-6-3-5-16(20)13-17;/h3,5-6,13,15H,4,7-12,14H2,1-2H3,(H,24,26)(H2,21,22,23);1H. The van der Waals surface area contributed by atoms with Crippen LogP contribution in [-0.4, -0.2) is 56.5 Å². The van der Waals surface area contributed by atoms with E-state index < -0.39 is 0 Å². The fourth-order valence-corrected chi connectivity index (χ4v) is 2.95. The minimum absolute atomic E-state index is 0. The number of amides is 1. The van der Waals surface area contributed by atoms with Crippen LogP contribution in [0.2, 0.25) is 0 Å². The molecule has 1 aromatic rings. The number of carbonyl (C=O) groups is 1. The summed E-state index contributed by atoms with van der Waals surface area (Å²) in [6, 6.07) is 5.83. The summed E-state index contributed by atoms with van der Waals surface area (Å²) in [6.07, 6.45) is 3.61. The van der Waals surface area contributed by atoms with E-state index in [1.165, 1.54) is 38.1 Å². The van der Waals surface area contributed by atoms with Gasteiger partial charge in [-0.25, -0.2) is 4.39 Å². The highest BCUT2D eigenvalue weighted by atomic mass is 127. The maximum atomic E-state index is 13.1. The molecule has 0 aromatic heterocycles. The predicted octanol–water partition coefficient (Wildman–Crippen LogP) is 2.67. The van der Waals surface area contributed by atoms with Gasteiger partial charge in [0, 0.05) is 19.3 Å². The van der Waals surface area contributed by atoms with Gasteiger partial charge in [-0.15, -0.1) is 24.0 Å². The van der Waals surface area contributed by atoms with Crippen LogP contribution in [0.3, 0.4) is 0 Å². The molecular formula is C19H31FIN5O. The van der Waals surface area contributed by atoms with Gasteiger partial charge in [0.1, 0.15) is 5.82 Å². The van der Waals surface area contributed by atoms with Crippen LogP contribution in [0.4, 0.5) is 10.1 Å². The molecular weight excluding hydrogens is 460 g/mol. The number of aliphatic imine (C=N–C) groups is 1. The van der Waals surface area contributed by atoms with E-state index in [0.29, 0.717) is 11.6 Å². The van der Waals surface area contributed by atoms with E-state index in [9.17, 15) is 9.18 Å². The van der Waals surface area contributed by atoms with E-state index in [0.717, 1.165) is 25.4 Å². The molecule has 0 saturated carbocycles. The number of nitrogens with one attached hydrogen (secondary N) is 3. The second-order valence-electron chi connectivity index (χ2n) is 6.79. The minimum Gasteiger partial charge on any atom is -0.356 e. The monoisotopic (exact) mass is 491 g/mol. The van der Waals surface area contributed by atoms with Crippen LogP contribution < -0.4 is 16.0 Å². The van der Waals surface area contributed by atoms with E-state index in [4.69, 9.17) is 0 Å². The molecule has 1 amide bonds. The fourth-order valence-electron chi connectivity index (χ4n) is 2.95. The molecule has 0 bridgehead atoms. The van der Waals surface area contributed by atoms with Gasteiger partial charge in [0.15, 0.2) is 5.96 Å². The Balaban J connectivity index is 0.00000364. The van der Waals surface area contributed by atoms with E-state index in [-0.39, 0.29) is 42.2 Å². The number of carbonyl (C=O) groups excluding carboxylic acids is 1. The third-order valence-electron chi connectivity index (χ3n) is 4.57. The lowest BCUT2D eigenvalue weighted by atomic mass is 9.99. The molecule has 152 valence electrons. The first-order valence-electron chi connectivity index (χ1n) is 9.29. The topological polar surface area (TPSA) is 68.8 Å². The van der Waals surface area contributed by atoms with Gasteiger partial charge in [-0.05, 0) is 63.0 Å². The third-order valence-corrected chi connectivity index (χ3v) is 4.57. The Morgan fingerprint density at radius 3 is 2.70 bits per heavy atom. The second-order valence-corrected chi connectivity index (χ2v) is 6.79. The Hall–Kier alpha value is -1.42. The Labute approximate surface area is 178 Å². The molecule has 2 rings (SSSR count). The predicted molar refractivity (Wildman–Crippen MR) is 119 cm³/mol. The fraction of sp³-hybridized carbons (Fsp3) is 0.579. The van der Waals surface area contributed by atoms with Gasteiger partial charge >= 0.3 is 0 Å². The Morgan fingerprint density at radius 2 is 2.04 bits per heavy atom. The van der Waals surface area contributed by atoms with Crippen LogP contribution in [0.15, 0.2) is 29.3 Å². The molecule has 1 saturated heterocycles. The molecule has 1 fully saturated rings. The van der Waals surface area contributed by atoms with Gasteiger partial charge in [0.2, 0.25) is 5.91 Å². The normalized spacial score (nSPS) is 15.7. The van der Waals surface area contributed by atoms with Crippen molar-refractivity contribution in [1.82, 2.24) is 15.5 Å². The maximum absolute atomic E-state index is 13.1. The lowest BCUT2D eigenvalue weighted by Crippen LogP contribution is -2.42. The summed E-state index contributed by atoms with van der Waals surface area (Å²) in [5.41, 5.74) is 0.440. The van der Waals surface area contributed by atoms with Crippen molar-refractivity contribution in [2.75, 3.05) is 45.1 Å². The molecule has 8 heteroatoms. The summed E-state index contributed by atoms with van der Waals surface area (Å²) in [4.78, 5) is 18.5. The molecule has 27 heavy (non-hydrogen) atoms. The van der Waals surface area contributed by atoms with Crippen LogP contribution >= 0.6 is 24.0 Å². The number of benzene rings is 1. The van der Waals surface area contributed by atoms with E-state index in [2.05, 4.69) is 32.8 Å². The molecule has 1 aliphatic rings. The largest absolute Gasteiger partial charge is 0.356 e. The van der Waals surface area contributed by atoms with Crippen molar-refractivity contribution in [2.45, 2.75) is 26.2 Å². The minimum atomic E-state index is -0.378. The molecule has 0 spiro atoms. The van der Waals surface area contributed by atoms with Crippen LogP contribution in [0.5, 0.6) is 0 Å². The number of halogens is 2. The molecule has 0 atom stereocenters. The number of nitrogens with zero attached hydrogens (tertiary/aromatic N) is 2. The SMILES string of the molecule is CN=C(NCCCN1CCC(C)CC1)NCC(=O)Nc1cccc(F)c1.I. The summed E-state index contributed by atoms with van der Waals surface area (Å²) >= 11 is 0. The average Bonchev–Trinajstić information content (AvgIpc) is 2.62. The van der Waals surface area contributed by atoms with Gasteiger partial charge in [-0.3, -0.25) is 9.79 Å². The number of likely N-dealkylation sites (tertiary alicyclic amines) is 1. The van der Waals surface area contributed by atoms with Gasteiger partial charge < -0.3 is 20.9 Å². The van der Waals surface area contributed by atoms with E-state index in [1.807, 2.05) is 0 Å². The zero-order valence-corrected chi connectivity index (χ0v) is 18.5. The molecule has 3 N–H and O–H groups in total. The van der Waals surface area contributed by atoms with Crippen molar-refractivity contribution in [3.05, 3.63) is 30.1 Å². The smallest absolute Gasteiger partial charge is 0.243 e. The molecule has 0 unspecified atom stereocenters. The molecule has 0 aliphatic carbocycles. The van der Waals surface area contributed by atoms with Gasteiger partial charge in [0.25, 0.3) is 0 Å². The van der Waals surface area contributed by atoms with Crippen molar-refractivity contribution < 1.29 is 9.18 Å². The van der Waals surface area contributed by atoms with Crippen LogP contribution in [0.1, 0.15) is 26.2 Å². The molecule has 6 nitrogen and oxygen atoms in total. The zero-order valence-electron chi connectivity index (χ0n) is 16.1. The van der Waals surface area contributed by atoms with Crippen LogP contribution in [0.25, 0.3) is 0 Å². The van der Waals surface area contributed by atoms with E-state index in [1.54, 1.807) is 19.2 Å². The third kappa shape index (κ3) is 9.37. The molecule has 1 heterocycles. The van der Waals surface area contributed by atoms with Crippen molar-refractivity contribution in [1.29, 1.82) is 0 Å². The highest BCUT2D eigenvalue weighted by Gasteiger charge is 2.14. The first-order chi connectivity index (χ1) is 12.6. The van der Waals surface area contributed by atoms with Crippen LogP contribution in [-0.2, 0) is 4.79 Å². The van der Waals surface area contributed by atoms with Gasteiger partial charge in [0.05, 0.1) is 6.54 Å². The average molecular weight is 491 g/mol. The number of hydrogen-bond acceptors (Lipinski definition) is 3. The summed E-state index contributed by atoms with van der Waals surface area (Å²) in [5, 5.41) is 8.83. The number of guanidine groups is 1. The van der Waals surface area contributed by atoms with Gasteiger partial charge in [-0.1, -0.05) is 13.0 Å². The van der Waals surface area contributed by atoms with Crippen LogP contribution in [0, 0.1) is 11.7 Å². The van der Waals surface area contributed by atoms with Crippen molar-refractivity contribution in [2.24, 2.45) is 10.9 Å². The lowest BCUT2D eigenvalue weighted by Gasteiger charge is -2.30. The summed E-state index contributed by atoms with van der Waals surface area (Å²) in [7, 11) is 1.67. The Bertz CT molecular complexity index is 606. The quantitative estimate of drug-likeness (QED) is 0.238. The van der Waals surface area contributed by atoms with Crippen molar-refractivity contribution in [3.8, 4) is 0 Å². The molecule has 1 aliphatic heterocycles. The second kappa shape index (κ2) is 12.9. The number of anilines is 1. The number of piperidine rings is 1. The molecule has 0 radical (unpaired) electrons. The highest BCUT2D eigenvalue weighted by molar-refractivity contribution is 14.0. The lowest BCUT2D eigenvalue weighted by molar-refractivity contribution is -0.115. The Kier molecular flexibility index (Phi) is 11.3. The Morgan fingerprint density at radius 1 is 1.30 bits per heavy atom. The van der Waals surface area contributed by atoms with Crippen molar-refractivity contribution in [3.63, 3.8) is 0 Å². The van der Waals surface area contributed by atoms with E-state index >= 15 is 0 Å². The number of rotatable bonds is 7. The first kappa shape index (κ1) is 23.6. The van der Waals surface area contributed by atoms with Gasteiger partial charge in [-0.2, -0.15) is 0 Å². The highest BCUT2D eigenvalue weighted by Crippen LogP contribution is 2.15. The van der Waals surface area contributed by atoms with Crippen molar-refractivity contribution >= 4 is 41.5 Å². The first-order valence-corrected chi connectivity index (χ1v) is 9.29. The molecule has 1 aromatic carbocycles. The summed E-state index contributed by atoms with van der Waals surface area (Å²) in [5.74, 6) is 0.815.